The molecule has 1 rings (SSSR count). The van der Waals surface area contributed by atoms with Gasteiger partial charge < -0.3 is 15.3 Å². The van der Waals surface area contributed by atoms with Crippen molar-refractivity contribution in [3.63, 3.8) is 0 Å². The fourth-order valence-electron chi connectivity index (χ4n) is 0.621. The van der Waals surface area contributed by atoms with Gasteiger partial charge in [-0.25, -0.2) is 0 Å². The third-order valence-electron chi connectivity index (χ3n) is 1.15. The van der Waals surface area contributed by atoms with Crippen molar-refractivity contribution >= 4 is 0 Å². The molecule has 0 heterocycles. The first-order valence-corrected chi connectivity index (χ1v) is 2.73. The van der Waals surface area contributed by atoms with Gasteiger partial charge in [-0.05, 0) is 17.7 Å². The molecular formula is C7H7O3. The normalized spacial score (nSPS) is 9.70. The molecule has 3 nitrogen and oxygen atoms in total. The lowest BCUT2D eigenvalue weighted by Crippen LogP contribution is -1.78. The third-order valence-corrected chi connectivity index (χ3v) is 1.15. The van der Waals surface area contributed by atoms with Gasteiger partial charge in [-0.2, -0.15) is 0 Å². The van der Waals surface area contributed by atoms with Crippen molar-refractivity contribution in [2.45, 2.75) is 0 Å². The zero-order chi connectivity index (χ0) is 7.56. The minimum atomic E-state index is -0.234. The lowest BCUT2D eigenvalue weighted by atomic mass is 10.2. The Morgan fingerprint density at radius 1 is 1.10 bits per heavy atom. The Balaban J connectivity index is 3.04. The average Bonchev–Trinajstić information content (AvgIpc) is 1.95. The molecule has 1 aromatic carbocycles. The molecule has 0 saturated heterocycles. The maximum absolute atomic E-state index is 8.85. The first-order chi connectivity index (χ1) is 4.74. The molecule has 0 bridgehead atoms. The number of aliphatic hydroxyl groups is 1. The number of phenolic OH excluding ortho intramolecular Hbond substituents is 2. The summed E-state index contributed by atoms with van der Waals surface area (Å²) < 4.78 is 0. The van der Waals surface area contributed by atoms with Gasteiger partial charge in [0.1, 0.15) is 6.61 Å². The van der Waals surface area contributed by atoms with Crippen LogP contribution in [0.25, 0.3) is 0 Å². The zero-order valence-corrected chi connectivity index (χ0v) is 5.15. The molecule has 3 N–H and O–H groups in total. The molecule has 0 atom stereocenters. The van der Waals surface area contributed by atoms with Crippen LogP contribution in [-0.2, 0) is 0 Å². The first kappa shape index (κ1) is 6.89. The van der Waals surface area contributed by atoms with Crippen LogP contribution in [0.15, 0.2) is 18.2 Å². The highest BCUT2D eigenvalue weighted by Crippen LogP contribution is 2.24. The Bertz CT molecular complexity index is 232. The maximum Gasteiger partial charge on any atom is 0.157 e. The monoisotopic (exact) mass is 139 g/mol. The van der Waals surface area contributed by atoms with Crippen LogP contribution in [0.2, 0.25) is 0 Å². The molecule has 0 unspecified atom stereocenters. The molecule has 0 spiro atoms. The summed E-state index contributed by atoms with van der Waals surface area (Å²) >= 11 is 0. The van der Waals surface area contributed by atoms with E-state index in [4.69, 9.17) is 15.3 Å². The summed E-state index contributed by atoms with van der Waals surface area (Å²) in [5.74, 6) is -0.423. The highest BCUT2D eigenvalue weighted by Gasteiger charge is 1.98. The van der Waals surface area contributed by atoms with Crippen molar-refractivity contribution in [2.75, 3.05) is 0 Å². The quantitative estimate of drug-likeness (QED) is 0.508. The molecule has 10 heavy (non-hydrogen) atoms. The summed E-state index contributed by atoms with van der Waals surface area (Å²) in [7, 11) is 0. The van der Waals surface area contributed by atoms with Crippen LogP contribution >= 0.6 is 0 Å². The van der Waals surface area contributed by atoms with Crippen molar-refractivity contribution in [3.8, 4) is 11.5 Å². The SMILES string of the molecule is O[CH]c1ccc(O)c(O)c1. The molecule has 0 saturated carbocycles. The van der Waals surface area contributed by atoms with Crippen LogP contribution in [0.4, 0.5) is 0 Å². The predicted octanol–water partition coefficient (Wildman–Crippen LogP) is 0.980. The summed E-state index contributed by atoms with van der Waals surface area (Å²) in [6, 6.07) is 4.04. The van der Waals surface area contributed by atoms with Crippen LogP contribution in [0.5, 0.6) is 11.5 Å². The van der Waals surface area contributed by atoms with E-state index in [0.29, 0.717) is 5.56 Å². The maximum atomic E-state index is 8.85. The van der Waals surface area contributed by atoms with Crippen molar-refractivity contribution in [2.24, 2.45) is 0 Å². The van der Waals surface area contributed by atoms with Gasteiger partial charge in [0.25, 0.3) is 0 Å². The number of phenols is 2. The number of rotatable bonds is 1. The summed E-state index contributed by atoms with van der Waals surface area (Å²) in [4.78, 5) is 0. The second-order valence-electron chi connectivity index (χ2n) is 1.88. The van der Waals surface area contributed by atoms with E-state index in [2.05, 4.69) is 0 Å². The minimum absolute atomic E-state index is 0.189. The Morgan fingerprint density at radius 3 is 2.30 bits per heavy atom. The van der Waals surface area contributed by atoms with E-state index < -0.39 is 0 Å². The Hall–Kier alpha value is -1.22. The summed E-state index contributed by atoms with van der Waals surface area (Å²) in [5, 5.41) is 26.1. The Morgan fingerprint density at radius 2 is 1.80 bits per heavy atom. The van der Waals surface area contributed by atoms with Gasteiger partial charge in [-0.1, -0.05) is 6.07 Å². The van der Waals surface area contributed by atoms with Gasteiger partial charge in [-0.3, -0.25) is 0 Å². The molecule has 0 aliphatic rings. The lowest BCUT2D eigenvalue weighted by Gasteiger charge is -1.97. The van der Waals surface area contributed by atoms with E-state index >= 15 is 0 Å². The second-order valence-corrected chi connectivity index (χ2v) is 1.88. The van der Waals surface area contributed by atoms with E-state index in [1.807, 2.05) is 0 Å². The average molecular weight is 139 g/mol. The molecule has 0 amide bonds. The smallest absolute Gasteiger partial charge is 0.157 e. The first-order valence-electron chi connectivity index (χ1n) is 2.73. The molecule has 0 aliphatic heterocycles. The predicted molar refractivity (Wildman–Crippen MR) is 35.1 cm³/mol. The zero-order valence-electron chi connectivity index (χ0n) is 5.15. The van der Waals surface area contributed by atoms with Crippen molar-refractivity contribution in [3.05, 3.63) is 30.4 Å². The highest BCUT2D eigenvalue weighted by atomic mass is 16.3. The molecule has 0 aliphatic carbocycles. The number of aliphatic hydroxyl groups excluding tert-OH is 1. The Kier molecular flexibility index (Phi) is 1.78. The van der Waals surface area contributed by atoms with Gasteiger partial charge in [0.15, 0.2) is 11.5 Å². The number of aromatic hydroxyl groups is 2. The van der Waals surface area contributed by atoms with Crippen molar-refractivity contribution < 1.29 is 15.3 Å². The van der Waals surface area contributed by atoms with Gasteiger partial charge in [0, 0.05) is 0 Å². The van der Waals surface area contributed by atoms with Crippen molar-refractivity contribution in [1.29, 1.82) is 0 Å². The van der Waals surface area contributed by atoms with Crippen LogP contribution in [-0.4, -0.2) is 15.3 Å². The van der Waals surface area contributed by atoms with E-state index in [1.54, 1.807) is 0 Å². The minimum Gasteiger partial charge on any atom is -0.504 e. The van der Waals surface area contributed by atoms with Crippen LogP contribution in [0.3, 0.4) is 0 Å². The van der Waals surface area contributed by atoms with Crippen LogP contribution < -0.4 is 0 Å². The van der Waals surface area contributed by atoms with Crippen LogP contribution in [0, 0.1) is 6.61 Å². The number of hydrogen-bond acceptors (Lipinski definition) is 3. The fraction of sp³-hybridized carbons (Fsp3) is 0. The van der Waals surface area contributed by atoms with Crippen LogP contribution in [0.1, 0.15) is 5.56 Å². The molecule has 0 aromatic heterocycles. The molecular weight excluding hydrogens is 132 g/mol. The second kappa shape index (κ2) is 2.58. The summed E-state index contributed by atoms with van der Waals surface area (Å²) in [6.45, 7) is 0.846. The number of benzene rings is 1. The van der Waals surface area contributed by atoms with Gasteiger partial charge in [0.2, 0.25) is 0 Å². The van der Waals surface area contributed by atoms with Crippen molar-refractivity contribution in [1.82, 2.24) is 0 Å². The summed E-state index contributed by atoms with van der Waals surface area (Å²) in [5.41, 5.74) is 0.454. The van der Waals surface area contributed by atoms with E-state index in [-0.39, 0.29) is 11.5 Å². The largest absolute Gasteiger partial charge is 0.504 e. The molecule has 53 valence electrons. The van der Waals surface area contributed by atoms with Gasteiger partial charge in [-0.15, -0.1) is 0 Å². The number of hydrogen-bond donors (Lipinski definition) is 3. The molecule has 3 heteroatoms. The third kappa shape index (κ3) is 1.19. The van der Waals surface area contributed by atoms with E-state index in [9.17, 15) is 0 Å². The standard InChI is InChI=1S/C7H7O3/c8-4-5-1-2-6(9)7(10)3-5/h1-4,8-10H. The van der Waals surface area contributed by atoms with E-state index in [0.717, 1.165) is 6.61 Å². The fourth-order valence-corrected chi connectivity index (χ4v) is 0.621. The van der Waals surface area contributed by atoms with E-state index in [1.165, 1.54) is 18.2 Å². The van der Waals surface area contributed by atoms with Gasteiger partial charge >= 0.3 is 0 Å². The Labute approximate surface area is 58.2 Å². The topological polar surface area (TPSA) is 60.7 Å². The molecule has 0 fully saturated rings. The summed E-state index contributed by atoms with van der Waals surface area (Å²) in [6.07, 6.45) is 0. The molecule has 1 aromatic rings. The lowest BCUT2D eigenvalue weighted by molar-refractivity contribution is 0.397. The molecule has 1 radical (unpaired) electrons. The highest BCUT2D eigenvalue weighted by molar-refractivity contribution is 5.41. The van der Waals surface area contributed by atoms with Gasteiger partial charge in [0.05, 0.1) is 0 Å².